The maximum absolute atomic E-state index is 12.4. The molecule has 3 N–H and O–H groups in total. The number of hydrogen-bond donors (Lipinski definition) is 2. The van der Waals surface area contributed by atoms with Gasteiger partial charge in [0, 0.05) is 18.3 Å². The van der Waals surface area contributed by atoms with Crippen molar-refractivity contribution in [2.45, 2.75) is 19.6 Å². The number of rotatable bonds is 3. The van der Waals surface area contributed by atoms with Gasteiger partial charge in [-0.1, -0.05) is 0 Å². The zero-order valence-corrected chi connectivity index (χ0v) is 6.87. The van der Waals surface area contributed by atoms with Gasteiger partial charge in [0.25, 0.3) is 6.43 Å². The van der Waals surface area contributed by atoms with E-state index < -0.39 is 6.43 Å². The summed E-state index contributed by atoms with van der Waals surface area (Å²) in [5.74, 6) is 0. The van der Waals surface area contributed by atoms with Gasteiger partial charge in [0.05, 0.1) is 12.3 Å². The number of halogens is 2. The van der Waals surface area contributed by atoms with Crippen LogP contribution in [0, 0.1) is 0 Å². The Kier molecular flexibility index (Phi) is 3.27. The van der Waals surface area contributed by atoms with Gasteiger partial charge in [-0.2, -0.15) is 0 Å². The van der Waals surface area contributed by atoms with Crippen molar-refractivity contribution >= 4 is 0 Å². The molecule has 0 saturated heterocycles. The van der Waals surface area contributed by atoms with E-state index in [1.807, 2.05) is 0 Å². The molecule has 3 nitrogen and oxygen atoms in total. The molecule has 0 aliphatic carbocycles. The normalized spacial score (nSPS) is 10.8. The van der Waals surface area contributed by atoms with Gasteiger partial charge in [-0.25, -0.2) is 8.78 Å². The van der Waals surface area contributed by atoms with Crippen LogP contribution in [0.15, 0.2) is 12.3 Å². The highest BCUT2D eigenvalue weighted by molar-refractivity contribution is 5.27. The molecule has 0 spiro atoms. The molecule has 0 atom stereocenters. The molecule has 0 unspecified atom stereocenters. The van der Waals surface area contributed by atoms with Crippen molar-refractivity contribution in [3.63, 3.8) is 0 Å². The number of pyridine rings is 1. The molecule has 0 aliphatic heterocycles. The van der Waals surface area contributed by atoms with Crippen molar-refractivity contribution in [2.24, 2.45) is 5.73 Å². The van der Waals surface area contributed by atoms with E-state index in [-0.39, 0.29) is 24.4 Å². The maximum Gasteiger partial charge on any atom is 0.264 e. The quantitative estimate of drug-likeness (QED) is 0.743. The largest absolute Gasteiger partial charge is 0.390 e. The number of alkyl halides is 2. The molecule has 0 fully saturated rings. The summed E-state index contributed by atoms with van der Waals surface area (Å²) in [5, 5.41) is 8.67. The van der Waals surface area contributed by atoms with Crippen molar-refractivity contribution in [1.82, 2.24) is 4.98 Å². The number of nitrogens with two attached hydrogens (primary N) is 1. The summed E-state index contributed by atoms with van der Waals surface area (Å²) in [6, 6.07) is 1.17. The van der Waals surface area contributed by atoms with Gasteiger partial charge in [0.2, 0.25) is 0 Å². The molecular weight excluding hydrogens is 178 g/mol. The monoisotopic (exact) mass is 188 g/mol. The molecular formula is C8H10F2N2O. The first-order valence-electron chi connectivity index (χ1n) is 3.75. The Morgan fingerprint density at radius 3 is 2.69 bits per heavy atom. The zero-order valence-electron chi connectivity index (χ0n) is 6.87. The number of nitrogens with zero attached hydrogens (tertiary/aromatic N) is 1. The Labute approximate surface area is 74.2 Å². The lowest BCUT2D eigenvalue weighted by molar-refractivity contribution is 0.149. The van der Waals surface area contributed by atoms with E-state index in [2.05, 4.69) is 4.98 Å². The van der Waals surface area contributed by atoms with Crippen molar-refractivity contribution in [1.29, 1.82) is 0 Å². The molecule has 0 amide bonds. The fraction of sp³-hybridized carbons (Fsp3) is 0.375. The second-order valence-corrected chi connectivity index (χ2v) is 2.54. The highest BCUT2D eigenvalue weighted by Gasteiger charge is 2.12. The van der Waals surface area contributed by atoms with E-state index in [1.165, 1.54) is 12.3 Å². The molecule has 1 rings (SSSR count). The third kappa shape index (κ3) is 2.19. The van der Waals surface area contributed by atoms with Gasteiger partial charge in [0.15, 0.2) is 0 Å². The van der Waals surface area contributed by atoms with Gasteiger partial charge in [-0.3, -0.25) is 4.98 Å². The molecule has 13 heavy (non-hydrogen) atoms. The van der Waals surface area contributed by atoms with E-state index in [0.717, 1.165) is 0 Å². The Morgan fingerprint density at radius 2 is 2.23 bits per heavy atom. The van der Waals surface area contributed by atoms with Crippen LogP contribution in [0.25, 0.3) is 0 Å². The van der Waals surface area contributed by atoms with Crippen LogP contribution in [-0.4, -0.2) is 10.1 Å². The lowest BCUT2D eigenvalue weighted by atomic mass is 10.1. The summed E-state index contributed by atoms with van der Waals surface area (Å²) < 4.78 is 24.7. The molecule has 1 aromatic rings. The lowest BCUT2D eigenvalue weighted by Crippen LogP contribution is -2.04. The lowest BCUT2D eigenvalue weighted by Gasteiger charge is -2.07. The standard InChI is InChI=1S/C8H10F2N2O/c9-8(10)7-1-6(4-13)12-3-5(7)2-11/h1,3,8,13H,2,4,11H2. The van der Waals surface area contributed by atoms with Crippen LogP contribution in [0.4, 0.5) is 8.78 Å². The summed E-state index contributed by atoms with van der Waals surface area (Å²) in [6.07, 6.45) is -1.31. The third-order valence-electron chi connectivity index (χ3n) is 1.70. The Bertz CT molecular complexity index is 291. The number of hydrogen-bond acceptors (Lipinski definition) is 3. The maximum atomic E-state index is 12.4. The molecule has 72 valence electrons. The average Bonchev–Trinajstić information content (AvgIpc) is 2.16. The van der Waals surface area contributed by atoms with Crippen LogP contribution in [0.2, 0.25) is 0 Å². The van der Waals surface area contributed by atoms with Gasteiger partial charge in [0.1, 0.15) is 0 Å². The highest BCUT2D eigenvalue weighted by atomic mass is 19.3. The molecule has 0 aromatic carbocycles. The molecule has 1 heterocycles. The van der Waals surface area contributed by atoms with Crippen molar-refractivity contribution < 1.29 is 13.9 Å². The average molecular weight is 188 g/mol. The predicted octanol–water partition coefficient (Wildman–Crippen LogP) is 0.970. The minimum atomic E-state index is -2.58. The zero-order chi connectivity index (χ0) is 9.84. The second-order valence-electron chi connectivity index (χ2n) is 2.54. The summed E-state index contributed by atoms with van der Waals surface area (Å²) in [7, 11) is 0. The molecule has 0 bridgehead atoms. The summed E-state index contributed by atoms with van der Waals surface area (Å²) in [5.41, 5.74) is 5.63. The topological polar surface area (TPSA) is 59.1 Å². The first kappa shape index (κ1) is 10.0. The van der Waals surface area contributed by atoms with Gasteiger partial charge in [-0.15, -0.1) is 0 Å². The van der Waals surface area contributed by atoms with E-state index >= 15 is 0 Å². The van der Waals surface area contributed by atoms with Crippen LogP contribution in [0.1, 0.15) is 23.2 Å². The van der Waals surface area contributed by atoms with Crippen LogP contribution >= 0.6 is 0 Å². The summed E-state index contributed by atoms with van der Waals surface area (Å²) in [6.45, 7) is -0.317. The van der Waals surface area contributed by atoms with Crippen molar-refractivity contribution in [2.75, 3.05) is 0 Å². The fourth-order valence-electron chi connectivity index (χ4n) is 1.00. The molecule has 5 heteroatoms. The fourth-order valence-corrected chi connectivity index (χ4v) is 1.00. The number of aliphatic hydroxyl groups excluding tert-OH is 1. The van der Waals surface area contributed by atoms with Crippen molar-refractivity contribution in [3.8, 4) is 0 Å². The SMILES string of the molecule is NCc1cnc(CO)cc1C(F)F. The van der Waals surface area contributed by atoms with Crippen LogP contribution in [0.3, 0.4) is 0 Å². The first-order chi connectivity index (χ1) is 6.19. The van der Waals surface area contributed by atoms with Crippen LogP contribution in [-0.2, 0) is 13.2 Å². The van der Waals surface area contributed by atoms with E-state index in [4.69, 9.17) is 10.8 Å². The Morgan fingerprint density at radius 1 is 1.54 bits per heavy atom. The summed E-state index contributed by atoms with van der Waals surface area (Å²) in [4.78, 5) is 3.75. The predicted molar refractivity (Wildman–Crippen MR) is 43.0 cm³/mol. The second kappa shape index (κ2) is 4.25. The number of aromatic nitrogens is 1. The minimum Gasteiger partial charge on any atom is -0.390 e. The van der Waals surface area contributed by atoms with E-state index in [1.54, 1.807) is 0 Å². The smallest absolute Gasteiger partial charge is 0.264 e. The van der Waals surface area contributed by atoms with Gasteiger partial charge >= 0.3 is 0 Å². The van der Waals surface area contributed by atoms with Gasteiger partial charge < -0.3 is 10.8 Å². The van der Waals surface area contributed by atoms with Crippen LogP contribution in [0.5, 0.6) is 0 Å². The first-order valence-corrected chi connectivity index (χ1v) is 3.75. The van der Waals surface area contributed by atoms with Crippen molar-refractivity contribution in [3.05, 3.63) is 29.1 Å². The summed E-state index contributed by atoms with van der Waals surface area (Å²) >= 11 is 0. The number of aliphatic hydroxyl groups is 1. The van der Waals surface area contributed by atoms with E-state index in [0.29, 0.717) is 5.56 Å². The third-order valence-corrected chi connectivity index (χ3v) is 1.70. The molecule has 0 aliphatic rings. The molecule has 0 radical (unpaired) electrons. The van der Waals surface area contributed by atoms with Gasteiger partial charge in [-0.05, 0) is 11.6 Å². The minimum absolute atomic E-state index is 0.0262. The highest BCUT2D eigenvalue weighted by Crippen LogP contribution is 2.22. The van der Waals surface area contributed by atoms with Crippen LogP contribution < -0.4 is 5.73 Å². The molecule has 1 aromatic heterocycles. The Hall–Kier alpha value is -1.07. The Balaban J connectivity index is 3.10. The molecule has 0 saturated carbocycles. The van der Waals surface area contributed by atoms with E-state index in [9.17, 15) is 8.78 Å².